The summed E-state index contributed by atoms with van der Waals surface area (Å²) in [4.78, 5) is 42.6. The summed E-state index contributed by atoms with van der Waals surface area (Å²) in [7, 11) is 6.77. The maximum Gasteiger partial charge on any atom is 0.255 e. The van der Waals surface area contributed by atoms with Crippen molar-refractivity contribution in [1.82, 2.24) is 4.90 Å². The van der Waals surface area contributed by atoms with Crippen molar-refractivity contribution in [2.24, 2.45) is 17.6 Å². The molecule has 208 valence electrons. The van der Waals surface area contributed by atoms with Crippen LogP contribution in [0.5, 0.6) is 5.75 Å². The highest BCUT2D eigenvalue weighted by atomic mass is 16.3. The molecule has 0 saturated heterocycles. The summed E-state index contributed by atoms with van der Waals surface area (Å²) < 4.78 is 0. The van der Waals surface area contributed by atoms with Crippen molar-refractivity contribution in [3.8, 4) is 17.6 Å². The van der Waals surface area contributed by atoms with E-state index in [0.29, 0.717) is 17.7 Å². The molecule has 3 aliphatic rings. The molecular weight excluding hydrogens is 502 g/mol. The number of aliphatic hydroxyl groups excluding tert-OH is 2. The van der Waals surface area contributed by atoms with Gasteiger partial charge in [0.1, 0.15) is 22.8 Å². The minimum absolute atomic E-state index is 0.0391. The summed E-state index contributed by atoms with van der Waals surface area (Å²) in [5.74, 6) is -0.749. The van der Waals surface area contributed by atoms with Gasteiger partial charge in [0.05, 0.1) is 17.2 Å². The zero-order valence-electron chi connectivity index (χ0n) is 22.8. The van der Waals surface area contributed by atoms with E-state index in [2.05, 4.69) is 11.8 Å². The Morgan fingerprint density at radius 1 is 1.18 bits per heavy atom. The molecule has 0 aromatic heterocycles. The smallest absolute Gasteiger partial charge is 0.255 e. The van der Waals surface area contributed by atoms with Gasteiger partial charge < -0.3 is 31.1 Å². The molecule has 6 N–H and O–H groups in total. The Bertz CT molecular complexity index is 1400. The summed E-state index contributed by atoms with van der Waals surface area (Å²) >= 11 is 0. The number of nitrogens with two attached hydrogens (primary N) is 1. The van der Waals surface area contributed by atoms with Gasteiger partial charge in [-0.1, -0.05) is 25.2 Å². The van der Waals surface area contributed by atoms with Gasteiger partial charge >= 0.3 is 0 Å². The maximum atomic E-state index is 14.0. The Balaban J connectivity index is 1.96. The van der Waals surface area contributed by atoms with E-state index in [0.717, 1.165) is 12.8 Å². The van der Waals surface area contributed by atoms with Crippen molar-refractivity contribution < 1.29 is 34.8 Å². The highest BCUT2D eigenvalue weighted by molar-refractivity contribution is 6.24. The Kier molecular flexibility index (Phi) is 7.27. The van der Waals surface area contributed by atoms with Crippen LogP contribution < -0.4 is 10.6 Å². The van der Waals surface area contributed by atoms with Crippen LogP contribution >= 0.6 is 0 Å². The zero-order chi connectivity index (χ0) is 29.0. The number of hydrogen-bond donors (Lipinski definition) is 5. The highest BCUT2D eigenvalue weighted by Gasteiger charge is 2.64. The number of unbranched alkanes of at least 4 members (excludes halogenated alkanes) is 2. The number of hydrogen-bond acceptors (Lipinski definition) is 9. The number of carbonyl (C=O) groups excluding carboxylic acids is 3. The summed E-state index contributed by atoms with van der Waals surface area (Å²) in [6.07, 6.45) is 2.75. The number of likely N-dealkylation sites (N-methyl/N-ethyl adjacent to an activating group) is 1. The molecule has 1 amide bonds. The van der Waals surface area contributed by atoms with Gasteiger partial charge in [0.2, 0.25) is 5.78 Å². The van der Waals surface area contributed by atoms with E-state index >= 15 is 0 Å². The van der Waals surface area contributed by atoms with Crippen molar-refractivity contribution in [3.05, 3.63) is 39.7 Å². The number of phenolic OH excluding ortho intramolecular Hbond substituents is 1. The molecule has 10 nitrogen and oxygen atoms in total. The van der Waals surface area contributed by atoms with Gasteiger partial charge in [0, 0.05) is 37.7 Å². The highest BCUT2D eigenvalue weighted by Crippen LogP contribution is 2.54. The second kappa shape index (κ2) is 10.1. The van der Waals surface area contributed by atoms with Crippen molar-refractivity contribution in [3.63, 3.8) is 0 Å². The number of aliphatic hydroxyl groups is 3. The molecule has 1 fully saturated rings. The van der Waals surface area contributed by atoms with Crippen molar-refractivity contribution in [2.75, 3.05) is 33.1 Å². The summed E-state index contributed by atoms with van der Waals surface area (Å²) in [5.41, 5.74) is 3.31. The van der Waals surface area contributed by atoms with Crippen molar-refractivity contribution in [2.45, 2.75) is 50.7 Å². The topological polar surface area (TPSA) is 165 Å². The predicted octanol–water partition coefficient (Wildman–Crippen LogP) is 1.57. The lowest BCUT2D eigenvalue weighted by Crippen LogP contribution is -2.65. The molecule has 1 saturated carbocycles. The van der Waals surface area contributed by atoms with Crippen molar-refractivity contribution in [1.29, 1.82) is 0 Å². The van der Waals surface area contributed by atoms with E-state index in [9.17, 15) is 34.8 Å². The van der Waals surface area contributed by atoms with Crippen LogP contribution in [0.25, 0.3) is 5.76 Å². The molecule has 1 aromatic carbocycles. The minimum Gasteiger partial charge on any atom is -0.508 e. The van der Waals surface area contributed by atoms with Gasteiger partial charge in [-0.2, -0.15) is 0 Å². The molecule has 0 aliphatic heterocycles. The summed E-state index contributed by atoms with van der Waals surface area (Å²) in [6, 6.07) is 0.622. The lowest BCUT2D eigenvalue weighted by atomic mass is 9.57. The number of aromatic hydroxyl groups is 1. The number of carbonyl (C=O) groups is 3. The standard InChI is InChI=1S/C29H35N3O7/c1-6-7-8-9-10-14-13-18(31(2)3)16-11-15-12-17-22(32(4)5)25(35)21(28(30)38)27(37)29(17,39)26(36)19(15)24(34)20(16)23(14)33/h13,15,17,22,33-34,37,39H,6-8,11-12H2,1-5H3,(H2,30,38)/t15-,17-,22-,29-/m1/s1. The van der Waals surface area contributed by atoms with Gasteiger partial charge in [-0.05, 0) is 50.9 Å². The van der Waals surface area contributed by atoms with Crippen LogP contribution in [0.2, 0.25) is 0 Å². The fourth-order valence-corrected chi connectivity index (χ4v) is 6.21. The minimum atomic E-state index is -2.66. The van der Waals surface area contributed by atoms with Gasteiger partial charge in [-0.15, -0.1) is 0 Å². The fourth-order valence-electron chi connectivity index (χ4n) is 6.21. The molecule has 0 heterocycles. The number of rotatable bonds is 5. The molecule has 3 aliphatic carbocycles. The van der Waals surface area contributed by atoms with Crippen LogP contribution in [0.15, 0.2) is 23.0 Å². The van der Waals surface area contributed by atoms with E-state index in [1.54, 1.807) is 20.2 Å². The third-order valence-corrected chi connectivity index (χ3v) is 8.06. The predicted molar refractivity (Wildman–Crippen MR) is 145 cm³/mol. The molecule has 1 aromatic rings. The summed E-state index contributed by atoms with van der Waals surface area (Å²) in [6.45, 7) is 2.05. The second-order valence-corrected chi connectivity index (χ2v) is 10.9. The number of ketones is 2. The average Bonchev–Trinajstić information content (AvgIpc) is 2.84. The van der Waals surface area contributed by atoms with Gasteiger partial charge in [-0.25, -0.2) is 0 Å². The molecule has 4 atom stereocenters. The van der Waals surface area contributed by atoms with Gasteiger partial charge in [0.15, 0.2) is 11.4 Å². The molecule has 39 heavy (non-hydrogen) atoms. The van der Waals surface area contributed by atoms with E-state index in [1.807, 2.05) is 25.9 Å². The molecule has 0 spiro atoms. The Hall–Kier alpha value is -3.81. The van der Waals surface area contributed by atoms with E-state index in [-0.39, 0.29) is 35.3 Å². The number of primary amides is 1. The maximum absolute atomic E-state index is 14.0. The molecule has 0 bridgehead atoms. The number of Topliss-reactive ketones (excluding diaryl/α,β-unsaturated/α-hetero) is 2. The zero-order valence-corrected chi connectivity index (χ0v) is 22.8. The third kappa shape index (κ3) is 4.17. The van der Waals surface area contributed by atoms with E-state index in [1.165, 1.54) is 4.90 Å². The number of phenols is 1. The van der Waals surface area contributed by atoms with Crippen LogP contribution in [0.4, 0.5) is 5.69 Å². The van der Waals surface area contributed by atoms with Crippen LogP contribution in [0.1, 0.15) is 49.3 Å². The SMILES string of the molecule is CCCCC#Cc1cc(N(C)C)c2c(c1O)C(O)=C1C(=O)[C@@]3(O)C(O)=C(C(N)=O)C(=O)[C@H](N(C)C)[C@H]3C[C@H]1C2. The van der Waals surface area contributed by atoms with E-state index in [4.69, 9.17) is 5.73 Å². The Morgan fingerprint density at radius 2 is 1.85 bits per heavy atom. The molecular formula is C29H35N3O7. The normalized spacial score (nSPS) is 26.1. The third-order valence-electron chi connectivity index (χ3n) is 8.06. The number of nitrogens with zero attached hydrogens (tertiary/aromatic N) is 2. The quantitative estimate of drug-likeness (QED) is 0.213. The second-order valence-electron chi connectivity index (χ2n) is 10.9. The average molecular weight is 538 g/mol. The van der Waals surface area contributed by atoms with Gasteiger partial charge in [-0.3, -0.25) is 19.3 Å². The first-order valence-electron chi connectivity index (χ1n) is 13.0. The molecule has 10 heteroatoms. The number of fused-ring (bicyclic) bond motifs is 3. The largest absolute Gasteiger partial charge is 0.508 e. The van der Waals surface area contributed by atoms with Gasteiger partial charge in [0.25, 0.3) is 5.91 Å². The van der Waals surface area contributed by atoms with Crippen molar-refractivity contribution >= 4 is 28.9 Å². The van der Waals surface area contributed by atoms with E-state index < -0.39 is 58.0 Å². The first-order chi connectivity index (χ1) is 18.3. The Labute approximate surface area is 227 Å². The number of anilines is 1. The molecule has 0 radical (unpaired) electrons. The fraction of sp³-hybridized carbons (Fsp3) is 0.483. The molecule has 0 unspecified atom stereocenters. The number of amides is 1. The first-order valence-corrected chi connectivity index (χ1v) is 13.0. The van der Waals surface area contributed by atoms with Crippen LogP contribution in [0.3, 0.4) is 0 Å². The Morgan fingerprint density at radius 3 is 2.41 bits per heavy atom. The molecule has 4 rings (SSSR count). The lowest BCUT2D eigenvalue weighted by molar-refractivity contribution is -0.153. The number of benzene rings is 1. The van der Waals surface area contributed by atoms with Crippen LogP contribution in [0, 0.1) is 23.7 Å². The summed E-state index contributed by atoms with van der Waals surface area (Å²) in [5, 5.41) is 45.4. The monoisotopic (exact) mass is 537 g/mol. The van der Waals surface area contributed by atoms with Crippen LogP contribution in [-0.4, -0.2) is 82.6 Å². The lowest BCUT2D eigenvalue weighted by Gasteiger charge is -2.50. The van der Waals surface area contributed by atoms with Crippen LogP contribution in [-0.2, 0) is 20.8 Å². The first kappa shape index (κ1) is 28.2.